The van der Waals surface area contributed by atoms with Gasteiger partial charge < -0.3 is 14.8 Å². The number of fused-ring (bicyclic) bond motifs is 1. The molecule has 32 heavy (non-hydrogen) atoms. The highest BCUT2D eigenvalue weighted by atomic mass is 19.4. The lowest BCUT2D eigenvalue weighted by molar-refractivity contribution is -0.192. The number of benzene rings is 1. The van der Waals surface area contributed by atoms with E-state index in [-0.39, 0.29) is 6.04 Å². The summed E-state index contributed by atoms with van der Waals surface area (Å²) in [7, 11) is 0. The molecule has 1 atom stereocenters. The molecule has 0 spiro atoms. The fraction of sp³-hybridized carbons (Fsp3) is 0.409. The Balaban J connectivity index is 0.000000360. The molecule has 1 unspecified atom stereocenters. The first-order valence-electron chi connectivity index (χ1n) is 10.2. The maximum absolute atomic E-state index is 11.3. The van der Waals surface area contributed by atoms with Gasteiger partial charge >= 0.3 is 17.9 Å². The number of carbonyl (C=O) groups is 1. The minimum atomic E-state index is -5.08. The zero-order valence-electron chi connectivity index (χ0n) is 17.4. The van der Waals surface area contributed by atoms with E-state index in [0.717, 1.165) is 23.9 Å². The van der Waals surface area contributed by atoms with E-state index in [1.54, 1.807) is 0 Å². The van der Waals surface area contributed by atoms with Crippen LogP contribution >= 0.6 is 0 Å². The Morgan fingerprint density at radius 1 is 1.22 bits per heavy atom. The normalized spacial score (nSPS) is 19.8. The number of rotatable bonds is 4. The monoisotopic (exact) mass is 451 g/mol. The zero-order valence-corrected chi connectivity index (χ0v) is 17.4. The van der Waals surface area contributed by atoms with E-state index in [1.807, 2.05) is 30.5 Å². The largest absolute Gasteiger partial charge is 0.490 e. The number of H-pyrrole nitrogens is 1. The van der Waals surface area contributed by atoms with Crippen molar-refractivity contribution >= 4 is 17.1 Å². The van der Waals surface area contributed by atoms with Crippen molar-refractivity contribution in [1.29, 1.82) is 0 Å². The summed E-state index contributed by atoms with van der Waals surface area (Å²) in [5.74, 6) is -2.58. The van der Waals surface area contributed by atoms with Crippen molar-refractivity contribution in [2.45, 2.75) is 56.8 Å². The number of aromatic amines is 1. The number of aromatic nitrogens is 2. The van der Waals surface area contributed by atoms with Crippen molar-refractivity contribution in [2.75, 3.05) is 0 Å². The van der Waals surface area contributed by atoms with Gasteiger partial charge in [-0.3, -0.25) is 9.97 Å². The maximum Gasteiger partial charge on any atom is 0.490 e. The molecule has 1 aliphatic rings. The summed E-state index contributed by atoms with van der Waals surface area (Å²) in [6, 6.07) is 12.8. The molecule has 0 amide bonds. The first-order valence-corrected chi connectivity index (χ1v) is 10.2. The highest BCUT2D eigenvalue weighted by molar-refractivity contribution is 5.73. The third kappa shape index (κ3) is 6.19. The fourth-order valence-electron chi connectivity index (χ4n) is 3.85. The number of nitrogens with one attached hydrogen (secondary N) is 2. The van der Waals surface area contributed by atoms with Gasteiger partial charge in [-0.05, 0) is 62.4 Å². The van der Waals surface area contributed by atoms with Crippen LogP contribution in [0.2, 0.25) is 0 Å². The SMILES string of the molecule is CC(NC1CCC(c2ccccn2)CC1)c1ccc2[nH]c(=O)oc2c1.O=C(O)C(F)(F)F. The lowest BCUT2D eigenvalue weighted by Gasteiger charge is -2.31. The van der Waals surface area contributed by atoms with Crippen LogP contribution in [0.5, 0.6) is 0 Å². The standard InChI is InChI=1S/C20H23N3O2.C2HF3O2/c1-13(15-7-10-18-19(12-15)25-20(24)23-18)22-16-8-5-14(6-9-16)17-4-2-3-11-21-17;3-2(4,5)1(6)7/h2-4,7,10-14,16,22H,5-6,8-9H2,1H3,(H,23,24);(H,6,7). The van der Waals surface area contributed by atoms with Crippen molar-refractivity contribution in [3.63, 3.8) is 0 Å². The average molecular weight is 451 g/mol. The minimum absolute atomic E-state index is 0.223. The van der Waals surface area contributed by atoms with Crippen LogP contribution in [0.1, 0.15) is 55.8 Å². The van der Waals surface area contributed by atoms with Crippen molar-refractivity contribution in [3.8, 4) is 0 Å². The molecule has 0 saturated heterocycles. The summed E-state index contributed by atoms with van der Waals surface area (Å²) in [5.41, 5.74) is 3.73. The van der Waals surface area contributed by atoms with Crippen LogP contribution in [0, 0.1) is 0 Å². The van der Waals surface area contributed by atoms with E-state index in [2.05, 4.69) is 34.3 Å². The molecule has 1 aromatic carbocycles. The lowest BCUT2D eigenvalue weighted by Crippen LogP contribution is -2.34. The number of carboxylic acid groups (broad SMARTS) is 1. The molecule has 1 aliphatic carbocycles. The summed E-state index contributed by atoms with van der Waals surface area (Å²) in [5, 5.41) is 10.9. The highest BCUT2D eigenvalue weighted by Crippen LogP contribution is 2.32. The maximum atomic E-state index is 11.3. The molecule has 3 N–H and O–H groups in total. The van der Waals surface area contributed by atoms with Crippen molar-refractivity contribution in [2.24, 2.45) is 0 Å². The molecule has 172 valence electrons. The van der Waals surface area contributed by atoms with Gasteiger partial charge in [0.15, 0.2) is 5.58 Å². The van der Waals surface area contributed by atoms with E-state index < -0.39 is 17.9 Å². The van der Waals surface area contributed by atoms with Gasteiger partial charge in [0, 0.05) is 29.9 Å². The number of nitrogens with zero attached hydrogens (tertiary/aromatic N) is 1. The molecule has 10 heteroatoms. The number of oxazole rings is 1. The first kappa shape index (κ1) is 23.5. The van der Waals surface area contributed by atoms with Gasteiger partial charge in [0.2, 0.25) is 0 Å². The Labute approximate surface area is 181 Å². The molecule has 0 bridgehead atoms. The van der Waals surface area contributed by atoms with Crippen LogP contribution in [0.4, 0.5) is 13.2 Å². The summed E-state index contributed by atoms with van der Waals surface area (Å²) in [6.45, 7) is 2.16. The Morgan fingerprint density at radius 2 is 1.91 bits per heavy atom. The van der Waals surface area contributed by atoms with E-state index in [0.29, 0.717) is 17.5 Å². The van der Waals surface area contributed by atoms with Crippen LogP contribution in [0.25, 0.3) is 11.1 Å². The van der Waals surface area contributed by atoms with E-state index in [1.165, 1.54) is 18.5 Å². The van der Waals surface area contributed by atoms with Crippen LogP contribution in [-0.2, 0) is 4.79 Å². The number of carboxylic acids is 1. The van der Waals surface area contributed by atoms with Crippen LogP contribution < -0.4 is 11.1 Å². The second-order valence-corrected chi connectivity index (χ2v) is 7.76. The number of aliphatic carboxylic acids is 1. The summed E-state index contributed by atoms with van der Waals surface area (Å²) < 4.78 is 36.9. The number of hydrogen-bond donors (Lipinski definition) is 3. The predicted molar refractivity (Wildman–Crippen MR) is 111 cm³/mol. The first-order chi connectivity index (χ1) is 15.1. The fourth-order valence-corrected chi connectivity index (χ4v) is 3.85. The number of alkyl halides is 3. The summed E-state index contributed by atoms with van der Waals surface area (Å²) >= 11 is 0. The van der Waals surface area contributed by atoms with Gasteiger partial charge in [-0.1, -0.05) is 12.1 Å². The molecule has 1 saturated carbocycles. The van der Waals surface area contributed by atoms with E-state index in [4.69, 9.17) is 14.3 Å². The van der Waals surface area contributed by atoms with Gasteiger partial charge in [0.05, 0.1) is 5.52 Å². The average Bonchev–Trinajstić information content (AvgIpc) is 3.14. The summed E-state index contributed by atoms with van der Waals surface area (Å²) in [6.07, 6.45) is 1.47. The second kappa shape index (κ2) is 9.99. The molecular formula is C22H24F3N3O4. The Morgan fingerprint density at radius 3 is 2.50 bits per heavy atom. The molecule has 2 heterocycles. The Kier molecular flexibility index (Phi) is 7.34. The van der Waals surface area contributed by atoms with Crippen LogP contribution in [0.3, 0.4) is 0 Å². The van der Waals surface area contributed by atoms with Crippen molar-refractivity contribution in [3.05, 3.63) is 64.4 Å². The molecule has 4 rings (SSSR count). The molecule has 2 aromatic heterocycles. The van der Waals surface area contributed by atoms with Gasteiger partial charge in [-0.2, -0.15) is 13.2 Å². The van der Waals surface area contributed by atoms with Gasteiger partial charge in [0.25, 0.3) is 0 Å². The minimum Gasteiger partial charge on any atom is -0.475 e. The molecule has 0 radical (unpaired) electrons. The number of pyridine rings is 1. The molecule has 1 fully saturated rings. The lowest BCUT2D eigenvalue weighted by atomic mass is 9.83. The topological polar surface area (TPSA) is 108 Å². The third-order valence-electron chi connectivity index (χ3n) is 5.51. The smallest absolute Gasteiger partial charge is 0.475 e. The van der Waals surface area contributed by atoms with Crippen molar-refractivity contribution < 1.29 is 27.5 Å². The van der Waals surface area contributed by atoms with Crippen LogP contribution in [0.15, 0.2) is 51.8 Å². The number of halogens is 3. The summed E-state index contributed by atoms with van der Waals surface area (Å²) in [4.78, 5) is 27.4. The Bertz CT molecular complexity index is 1090. The molecule has 3 aromatic rings. The van der Waals surface area contributed by atoms with Gasteiger partial charge in [-0.15, -0.1) is 0 Å². The molecule has 0 aliphatic heterocycles. The quantitative estimate of drug-likeness (QED) is 0.538. The van der Waals surface area contributed by atoms with E-state index >= 15 is 0 Å². The molecule has 7 nitrogen and oxygen atoms in total. The Hall–Kier alpha value is -3.14. The molecular weight excluding hydrogens is 427 g/mol. The third-order valence-corrected chi connectivity index (χ3v) is 5.51. The second-order valence-electron chi connectivity index (χ2n) is 7.76. The van der Waals surface area contributed by atoms with E-state index in [9.17, 15) is 18.0 Å². The highest BCUT2D eigenvalue weighted by Gasteiger charge is 2.38. The van der Waals surface area contributed by atoms with Gasteiger partial charge in [0.1, 0.15) is 0 Å². The number of hydrogen-bond acceptors (Lipinski definition) is 5. The van der Waals surface area contributed by atoms with Crippen LogP contribution in [-0.4, -0.2) is 33.3 Å². The zero-order chi connectivity index (χ0) is 23.3. The predicted octanol–water partition coefficient (Wildman–Crippen LogP) is 4.53. The van der Waals surface area contributed by atoms with Gasteiger partial charge in [-0.25, -0.2) is 9.59 Å². The van der Waals surface area contributed by atoms with Crippen molar-refractivity contribution in [1.82, 2.24) is 15.3 Å².